The number of carbonyl (C=O) groups is 1. The smallest absolute Gasteiger partial charge is 0.140 e. The molecule has 1 heterocycles. The summed E-state index contributed by atoms with van der Waals surface area (Å²) in [5, 5.41) is 11.9. The van der Waals surface area contributed by atoms with Crippen molar-refractivity contribution in [3.8, 4) is 0 Å². The summed E-state index contributed by atoms with van der Waals surface area (Å²) in [5.41, 5.74) is 0. The number of hydrogen-bond donors (Lipinski definition) is 1. The molecule has 0 saturated heterocycles. The van der Waals surface area contributed by atoms with Crippen LogP contribution in [0.5, 0.6) is 0 Å². The molecule has 0 aliphatic rings. The van der Waals surface area contributed by atoms with Crippen LogP contribution < -0.4 is 10.4 Å². The normalized spacial score (nSPS) is 8.80. The largest absolute Gasteiger partial charge is 0.530 e. The zero-order valence-electron chi connectivity index (χ0n) is 5.07. The summed E-state index contributed by atoms with van der Waals surface area (Å²) in [4.78, 5) is 13.6. The van der Waals surface area contributed by atoms with Crippen molar-refractivity contribution in [2.45, 2.75) is 0 Å². The second-order valence-electron chi connectivity index (χ2n) is 1.63. The van der Waals surface area contributed by atoms with Crippen LogP contribution in [0, 0.1) is 0 Å². The number of aromatic nitrogens is 1. The quantitative estimate of drug-likeness (QED) is 0.584. The Labute approximate surface area is 57.5 Å². The average Bonchev–Trinajstić information content (AvgIpc) is 1.88. The molecule has 1 amide bonds. The number of carbonyl (C=O) groups excluding carboxylic acids is 1. The van der Waals surface area contributed by atoms with Crippen molar-refractivity contribution in [1.29, 1.82) is 0 Å². The van der Waals surface area contributed by atoms with Gasteiger partial charge >= 0.3 is 0 Å². The Bertz CT molecular complexity index is 222. The van der Waals surface area contributed by atoms with E-state index in [1.54, 1.807) is 12.1 Å². The molecule has 1 aromatic heterocycles. The van der Waals surface area contributed by atoms with Crippen LogP contribution in [0.25, 0.3) is 0 Å². The van der Waals surface area contributed by atoms with E-state index >= 15 is 0 Å². The Morgan fingerprint density at radius 3 is 2.90 bits per heavy atom. The highest BCUT2D eigenvalue weighted by atomic mass is 16.4. The number of pyridine rings is 1. The number of nitrogens with one attached hydrogen (secondary N) is 1. The van der Waals surface area contributed by atoms with Crippen molar-refractivity contribution in [3.63, 3.8) is 0 Å². The molecule has 1 rings (SSSR count). The summed E-state index contributed by atoms with van der Waals surface area (Å²) in [7, 11) is 0. The molecule has 0 unspecified atom stereocenters. The van der Waals surface area contributed by atoms with E-state index in [1.807, 2.05) is 5.32 Å². The SMILES string of the molecule is O=C([O-])Nc1ccccn1. The van der Waals surface area contributed by atoms with E-state index in [2.05, 4.69) is 4.98 Å². The molecule has 4 nitrogen and oxygen atoms in total. The number of nitrogens with zero attached hydrogens (tertiary/aromatic N) is 1. The molecule has 4 heteroatoms. The predicted molar refractivity (Wildman–Crippen MR) is 33.3 cm³/mol. The van der Waals surface area contributed by atoms with Crippen LogP contribution in [-0.2, 0) is 0 Å². The highest BCUT2D eigenvalue weighted by Crippen LogP contribution is 1.97. The molecule has 0 bridgehead atoms. The van der Waals surface area contributed by atoms with E-state index in [4.69, 9.17) is 0 Å². The summed E-state index contributed by atoms with van der Waals surface area (Å²) < 4.78 is 0. The maximum absolute atomic E-state index is 9.91. The minimum atomic E-state index is -1.35. The van der Waals surface area contributed by atoms with Crippen molar-refractivity contribution in [3.05, 3.63) is 24.4 Å². The highest BCUT2D eigenvalue weighted by Gasteiger charge is 1.87. The number of amides is 1. The fourth-order valence-corrected chi connectivity index (χ4v) is 0.541. The van der Waals surface area contributed by atoms with Gasteiger partial charge in [-0.05, 0) is 12.1 Å². The van der Waals surface area contributed by atoms with Gasteiger partial charge in [-0.15, -0.1) is 0 Å². The molecular formula is C6H5N2O2-. The first-order valence-corrected chi connectivity index (χ1v) is 2.68. The van der Waals surface area contributed by atoms with Crippen molar-refractivity contribution in [2.24, 2.45) is 0 Å². The van der Waals surface area contributed by atoms with Gasteiger partial charge in [-0.25, -0.2) is 4.98 Å². The van der Waals surface area contributed by atoms with Crippen LogP contribution in [0.3, 0.4) is 0 Å². The Morgan fingerprint density at radius 2 is 2.40 bits per heavy atom. The second-order valence-corrected chi connectivity index (χ2v) is 1.63. The van der Waals surface area contributed by atoms with E-state index in [0.29, 0.717) is 0 Å². The van der Waals surface area contributed by atoms with Crippen LogP contribution in [0.1, 0.15) is 0 Å². The van der Waals surface area contributed by atoms with Gasteiger partial charge in [0.2, 0.25) is 0 Å². The molecule has 1 aromatic rings. The van der Waals surface area contributed by atoms with Gasteiger partial charge in [-0.1, -0.05) is 6.07 Å². The summed E-state index contributed by atoms with van der Waals surface area (Å²) >= 11 is 0. The average molecular weight is 137 g/mol. The number of rotatable bonds is 1. The van der Waals surface area contributed by atoms with Crippen LogP contribution in [0.4, 0.5) is 10.6 Å². The number of carboxylic acid groups (broad SMARTS) is 1. The third-order valence-corrected chi connectivity index (χ3v) is 0.895. The van der Waals surface area contributed by atoms with Gasteiger partial charge < -0.3 is 15.2 Å². The first-order valence-electron chi connectivity index (χ1n) is 2.68. The van der Waals surface area contributed by atoms with Crippen LogP contribution in [-0.4, -0.2) is 11.1 Å². The van der Waals surface area contributed by atoms with Gasteiger partial charge in [0.25, 0.3) is 0 Å². The fourth-order valence-electron chi connectivity index (χ4n) is 0.541. The first kappa shape index (κ1) is 6.54. The molecule has 0 aliphatic carbocycles. The predicted octanol–water partition coefficient (Wildman–Crippen LogP) is -0.163. The maximum atomic E-state index is 9.91. The molecule has 0 aliphatic heterocycles. The molecule has 0 radical (unpaired) electrons. The van der Waals surface area contributed by atoms with Gasteiger partial charge in [0.15, 0.2) is 0 Å². The van der Waals surface area contributed by atoms with Gasteiger partial charge in [0, 0.05) is 6.20 Å². The third kappa shape index (κ3) is 1.74. The summed E-state index contributed by atoms with van der Waals surface area (Å²) in [6, 6.07) is 4.91. The summed E-state index contributed by atoms with van der Waals surface area (Å²) in [5.74, 6) is 0.280. The minimum absolute atomic E-state index is 0.280. The third-order valence-electron chi connectivity index (χ3n) is 0.895. The Kier molecular flexibility index (Phi) is 1.84. The molecule has 52 valence electrons. The van der Waals surface area contributed by atoms with Gasteiger partial charge in [-0.3, -0.25) is 0 Å². The molecule has 10 heavy (non-hydrogen) atoms. The first-order chi connectivity index (χ1) is 4.79. The number of anilines is 1. The second kappa shape index (κ2) is 2.82. The number of hydrogen-bond acceptors (Lipinski definition) is 3. The zero-order valence-corrected chi connectivity index (χ0v) is 5.07. The van der Waals surface area contributed by atoms with E-state index < -0.39 is 6.09 Å². The van der Waals surface area contributed by atoms with E-state index in [9.17, 15) is 9.90 Å². The van der Waals surface area contributed by atoms with Gasteiger partial charge in [0.1, 0.15) is 11.9 Å². The fraction of sp³-hybridized carbons (Fsp3) is 0. The topological polar surface area (TPSA) is 65.0 Å². The zero-order chi connectivity index (χ0) is 7.40. The van der Waals surface area contributed by atoms with E-state index in [1.165, 1.54) is 12.3 Å². The molecule has 0 aromatic carbocycles. The Balaban J connectivity index is 2.67. The van der Waals surface area contributed by atoms with Crippen molar-refractivity contribution in [2.75, 3.05) is 5.32 Å². The van der Waals surface area contributed by atoms with Crippen molar-refractivity contribution in [1.82, 2.24) is 4.98 Å². The van der Waals surface area contributed by atoms with Crippen LogP contribution in [0.2, 0.25) is 0 Å². The van der Waals surface area contributed by atoms with Crippen molar-refractivity contribution < 1.29 is 9.90 Å². The van der Waals surface area contributed by atoms with Crippen LogP contribution in [0.15, 0.2) is 24.4 Å². The lowest BCUT2D eigenvalue weighted by Gasteiger charge is -2.02. The monoisotopic (exact) mass is 137 g/mol. The lowest BCUT2D eigenvalue weighted by atomic mass is 10.5. The highest BCUT2D eigenvalue weighted by molar-refractivity contribution is 5.79. The molecule has 0 fully saturated rings. The molecule has 0 atom stereocenters. The summed E-state index contributed by atoms with van der Waals surface area (Å²) in [6.45, 7) is 0. The Morgan fingerprint density at radius 1 is 1.60 bits per heavy atom. The lowest BCUT2D eigenvalue weighted by Crippen LogP contribution is -2.29. The standard InChI is InChI=1S/C6H6N2O2/c9-6(10)8-5-3-1-2-4-7-5/h1-4H,(H,7,8)(H,9,10)/p-1. The minimum Gasteiger partial charge on any atom is -0.530 e. The molecule has 0 spiro atoms. The van der Waals surface area contributed by atoms with Gasteiger partial charge in [-0.2, -0.15) is 0 Å². The molecule has 0 saturated carbocycles. The van der Waals surface area contributed by atoms with Crippen LogP contribution >= 0.6 is 0 Å². The Hall–Kier alpha value is -1.58. The molecular weight excluding hydrogens is 132 g/mol. The molecule has 1 N–H and O–H groups in total. The van der Waals surface area contributed by atoms with E-state index in [0.717, 1.165) is 0 Å². The lowest BCUT2D eigenvalue weighted by molar-refractivity contribution is -0.242. The van der Waals surface area contributed by atoms with Gasteiger partial charge in [0.05, 0.1) is 0 Å². The van der Waals surface area contributed by atoms with Crippen molar-refractivity contribution >= 4 is 11.9 Å². The maximum Gasteiger partial charge on any atom is 0.140 e. The summed E-state index contributed by atoms with van der Waals surface area (Å²) in [6.07, 6.45) is 0.143. The van der Waals surface area contributed by atoms with E-state index in [-0.39, 0.29) is 5.82 Å².